The van der Waals surface area contributed by atoms with Gasteiger partial charge >= 0.3 is 0 Å². The van der Waals surface area contributed by atoms with E-state index in [4.69, 9.17) is 15.0 Å². The molecule has 0 atom stereocenters. The zero-order chi connectivity index (χ0) is 50.1. The molecule has 7 nitrogen and oxygen atoms in total. The van der Waals surface area contributed by atoms with E-state index in [1.165, 1.54) is 32.3 Å². The first kappa shape index (κ1) is 43.2. The fourth-order valence-corrected chi connectivity index (χ4v) is 11.2. The Morgan fingerprint density at radius 3 is 0.803 bits per heavy atom. The van der Waals surface area contributed by atoms with Crippen LogP contribution in [0.2, 0.25) is 0 Å². The summed E-state index contributed by atoms with van der Waals surface area (Å²) in [4.78, 5) is 18.0. The number of aromatic nitrogens is 6. The van der Waals surface area contributed by atoms with Gasteiger partial charge in [0.05, 0.1) is 34.2 Å². The Kier molecular flexibility index (Phi) is 10.1. The first-order valence-electron chi connectivity index (χ1n) is 25.7. The van der Waals surface area contributed by atoms with Crippen LogP contribution in [0.25, 0.3) is 117 Å². The van der Waals surface area contributed by atoms with Gasteiger partial charge in [-0.2, -0.15) is 0 Å². The third-order valence-corrected chi connectivity index (χ3v) is 14.9. The maximum absolute atomic E-state index is 5.23. The minimum Gasteiger partial charge on any atom is -0.311 e. The number of anilines is 3. The van der Waals surface area contributed by atoms with Gasteiger partial charge in [-0.15, -0.1) is 0 Å². The number of pyridine rings is 3. The Morgan fingerprint density at radius 1 is 0.237 bits per heavy atom. The Labute approximate surface area is 438 Å². The second-order valence-corrected chi connectivity index (χ2v) is 19.4. The predicted octanol–water partition coefficient (Wildman–Crippen LogP) is 17.6. The van der Waals surface area contributed by atoms with E-state index in [9.17, 15) is 0 Å². The quantitative estimate of drug-likeness (QED) is 0.145. The molecule has 0 spiro atoms. The maximum Gasteiger partial charge on any atom is 0.137 e. The summed E-state index contributed by atoms with van der Waals surface area (Å²) in [5.74, 6) is 0. The lowest BCUT2D eigenvalue weighted by Crippen LogP contribution is -2.10. The van der Waals surface area contributed by atoms with Crippen molar-refractivity contribution in [3.63, 3.8) is 0 Å². The molecule has 9 aromatic carbocycles. The first-order valence-corrected chi connectivity index (χ1v) is 25.7. The Morgan fingerprint density at radius 2 is 0.500 bits per heavy atom. The van der Waals surface area contributed by atoms with E-state index in [0.29, 0.717) is 0 Å². The van der Waals surface area contributed by atoms with Crippen LogP contribution in [0.15, 0.2) is 273 Å². The highest BCUT2D eigenvalue weighted by Gasteiger charge is 2.22. The van der Waals surface area contributed by atoms with Crippen LogP contribution in [-0.4, -0.2) is 28.2 Å². The second-order valence-electron chi connectivity index (χ2n) is 19.4. The van der Waals surface area contributed by atoms with Gasteiger partial charge in [0.1, 0.15) is 16.9 Å². The minimum absolute atomic E-state index is 0.899. The average molecular weight is 972 g/mol. The molecule has 0 fully saturated rings. The number of fused-ring (bicyclic) bond motifs is 6. The van der Waals surface area contributed by atoms with Crippen molar-refractivity contribution in [1.29, 1.82) is 0 Å². The molecule has 0 saturated heterocycles. The monoisotopic (exact) mass is 971 g/mol. The summed E-state index contributed by atoms with van der Waals surface area (Å²) in [5.41, 5.74) is 18.1. The van der Waals surface area contributed by atoms with Crippen LogP contribution in [0.3, 0.4) is 0 Å². The normalized spacial score (nSPS) is 11.7. The summed E-state index contributed by atoms with van der Waals surface area (Å²) in [5, 5.41) is 7.16. The SMILES string of the molecule is c1ccc2cc(-c3nc4ccccn4c3-c3ccc(N(c4ccc(-c5c(-c6ccc7ccccc7c6)nc6ccccn56)cc4)c4ccc(-c5c(-c6ccc7ccccc7c6)nc6ccccn56)cc4)cc3)ccc2c1. The highest BCUT2D eigenvalue weighted by Crippen LogP contribution is 2.42. The Bertz CT molecular complexity index is 4220. The summed E-state index contributed by atoms with van der Waals surface area (Å²) in [6.07, 6.45) is 6.32. The van der Waals surface area contributed by atoms with Crippen LogP contribution < -0.4 is 4.90 Å². The molecule has 0 unspecified atom stereocenters. The third-order valence-electron chi connectivity index (χ3n) is 14.9. The van der Waals surface area contributed by atoms with Crippen molar-refractivity contribution in [2.45, 2.75) is 0 Å². The van der Waals surface area contributed by atoms with Crippen molar-refractivity contribution >= 4 is 66.3 Å². The van der Waals surface area contributed by atoms with Gasteiger partial charge in [-0.25, -0.2) is 15.0 Å². The molecule has 15 aromatic rings. The van der Waals surface area contributed by atoms with E-state index in [0.717, 1.165) is 102 Å². The lowest BCUT2D eigenvalue weighted by Gasteiger charge is -2.26. The molecule has 0 radical (unpaired) electrons. The molecule has 0 aliphatic carbocycles. The van der Waals surface area contributed by atoms with Crippen LogP contribution in [0.5, 0.6) is 0 Å². The summed E-state index contributed by atoms with van der Waals surface area (Å²) in [6, 6.07) is 90.7. The molecule has 0 amide bonds. The largest absolute Gasteiger partial charge is 0.311 e. The molecule has 6 heterocycles. The molecular weight excluding hydrogens is 927 g/mol. The minimum atomic E-state index is 0.899. The van der Waals surface area contributed by atoms with Crippen molar-refractivity contribution in [1.82, 2.24) is 28.2 Å². The van der Waals surface area contributed by atoms with Crippen LogP contribution in [0.4, 0.5) is 17.1 Å². The molecule has 0 N–H and O–H groups in total. The van der Waals surface area contributed by atoms with E-state index < -0.39 is 0 Å². The summed E-state index contributed by atoms with van der Waals surface area (Å²) in [7, 11) is 0. The fraction of sp³-hybridized carbons (Fsp3) is 0. The molecule has 0 aliphatic heterocycles. The number of nitrogens with zero attached hydrogens (tertiary/aromatic N) is 7. The predicted molar refractivity (Wildman–Crippen MR) is 313 cm³/mol. The van der Waals surface area contributed by atoms with Crippen molar-refractivity contribution in [3.05, 3.63) is 273 Å². The van der Waals surface area contributed by atoms with Gasteiger partial charge in [0.15, 0.2) is 0 Å². The molecule has 0 saturated carbocycles. The Hall–Kier alpha value is -10.4. The standard InChI is InChI=1S/C69H45N7/c1-4-16-52-43-55(25-22-46(52)13-1)64-67(73-40-10-7-19-61(73)70-64)49-28-34-58(35-29-49)76(59-36-30-50(31-37-59)68-65(71-62-20-8-11-41-74(62)68)56-26-23-47-14-2-5-17-53(47)44-56)60-38-32-51(33-39-60)69-66(72-63-21-9-12-42-75(63)69)57-27-24-48-15-3-6-18-54(48)45-57/h1-45H. The van der Waals surface area contributed by atoms with Crippen LogP contribution >= 0.6 is 0 Å². The molecule has 6 aromatic heterocycles. The Balaban J connectivity index is 0.861. The number of hydrogen-bond acceptors (Lipinski definition) is 4. The zero-order valence-corrected chi connectivity index (χ0v) is 41.1. The van der Waals surface area contributed by atoms with Crippen molar-refractivity contribution < 1.29 is 0 Å². The lowest BCUT2D eigenvalue weighted by atomic mass is 10.00. The highest BCUT2D eigenvalue weighted by molar-refractivity contribution is 5.94. The van der Waals surface area contributed by atoms with Gasteiger partial charge in [0.2, 0.25) is 0 Å². The topological polar surface area (TPSA) is 55.1 Å². The van der Waals surface area contributed by atoms with Gasteiger partial charge in [0, 0.05) is 69.0 Å². The van der Waals surface area contributed by atoms with Gasteiger partial charge in [-0.3, -0.25) is 13.2 Å². The van der Waals surface area contributed by atoms with E-state index in [1.807, 2.05) is 18.2 Å². The summed E-state index contributed by atoms with van der Waals surface area (Å²) in [6.45, 7) is 0. The van der Waals surface area contributed by atoms with Crippen LogP contribution in [-0.2, 0) is 0 Å². The fourth-order valence-electron chi connectivity index (χ4n) is 11.2. The number of rotatable bonds is 9. The van der Waals surface area contributed by atoms with Crippen LogP contribution in [0.1, 0.15) is 0 Å². The summed E-state index contributed by atoms with van der Waals surface area (Å²) >= 11 is 0. The molecule has 0 bridgehead atoms. The van der Waals surface area contributed by atoms with E-state index in [2.05, 4.69) is 273 Å². The number of imidazole rings is 3. The average Bonchev–Trinajstić information content (AvgIpc) is 4.25. The van der Waals surface area contributed by atoms with Gasteiger partial charge in [-0.1, -0.05) is 164 Å². The molecular formula is C69H45N7. The number of hydrogen-bond donors (Lipinski definition) is 0. The van der Waals surface area contributed by atoms with Gasteiger partial charge < -0.3 is 4.90 Å². The van der Waals surface area contributed by atoms with E-state index >= 15 is 0 Å². The van der Waals surface area contributed by atoms with Gasteiger partial charge in [-0.05, 0) is 123 Å². The third kappa shape index (κ3) is 7.32. The van der Waals surface area contributed by atoms with E-state index in [1.54, 1.807) is 0 Å². The number of benzene rings is 9. The molecule has 0 aliphatic rings. The zero-order valence-electron chi connectivity index (χ0n) is 41.1. The van der Waals surface area contributed by atoms with Crippen molar-refractivity contribution in [3.8, 4) is 67.5 Å². The second kappa shape index (κ2) is 17.7. The molecule has 356 valence electrons. The smallest absolute Gasteiger partial charge is 0.137 e. The molecule has 76 heavy (non-hydrogen) atoms. The molecule has 15 rings (SSSR count). The highest BCUT2D eigenvalue weighted by atomic mass is 15.1. The lowest BCUT2D eigenvalue weighted by molar-refractivity contribution is 1.19. The van der Waals surface area contributed by atoms with Crippen LogP contribution in [0, 0.1) is 0 Å². The first-order chi connectivity index (χ1) is 37.6. The summed E-state index contributed by atoms with van der Waals surface area (Å²) < 4.78 is 6.61. The maximum atomic E-state index is 5.23. The van der Waals surface area contributed by atoms with E-state index in [-0.39, 0.29) is 0 Å². The van der Waals surface area contributed by atoms with Gasteiger partial charge in [0.25, 0.3) is 0 Å². The molecule has 7 heteroatoms. The van der Waals surface area contributed by atoms with Crippen molar-refractivity contribution in [2.75, 3.05) is 4.90 Å². The van der Waals surface area contributed by atoms with Crippen molar-refractivity contribution in [2.24, 2.45) is 0 Å².